The van der Waals surface area contributed by atoms with Crippen LogP contribution in [-0.4, -0.2) is 0 Å². The van der Waals surface area contributed by atoms with Crippen LogP contribution in [0.3, 0.4) is 0 Å². The molecule has 0 nitrogen and oxygen atoms in total. The molecule has 0 bridgehead atoms. The summed E-state index contributed by atoms with van der Waals surface area (Å²) in [6.45, 7) is 13.3. The molecule has 0 aliphatic heterocycles. The third-order valence-corrected chi connectivity index (χ3v) is 2.52. The van der Waals surface area contributed by atoms with E-state index in [-0.39, 0.29) is 5.41 Å². The lowest BCUT2D eigenvalue weighted by molar-refractivity contribution is 0.589. The quantitative estimate of drug-likeness (QED) is 0.619. The number of aryl methyl sites for hydroxylation is 1. The van der Waals surface area contributed by atoms with E-state index in [0.29, 0.717) is 0 Å². The van der Waals surface area contributed by atoms with E-state index in [1.54, 1.807) is 0 Å². The van der Waals surface area contributed by atoms with Crippen molar-refractivity contribution in [2.24, 2.45) is 0 Å². The van der Waals surface area contributed by atoms with E-state index in [0.717, 1.165) is 0 Å². The van der Waals surface area contributed by atoms with Crippen LogP contribution in [0.15, 0.2) is 18.2 Å². The van der Waals surface area contributed by atoms with Gasteiger partial charge >= 0.3 is 0 Å². The fourth-order valence-electron chi connectivity index (χ4n) is 1.50. The Labute approximate surface area is 88.4 Å². The zero-order valence-electron chi connectivity index (χ0n) is 10.2. The highest BCUT2D eigenvalue weighted by molar-refractivity contribution is 5.39. The summed E-state index contributed by atoms with van der Waals surface area (Å²) in [5.41, 5.74) is 4.40. The van der Waals surface area contributed by atoms with Crippen molar-refractivity contribution >= 4 is 0 Å². The van der Waals surface area contributed by atoms with Gasteiger partial charge in [-0.15, -0.1) is 0 Å². The summed E-state index contributed by atoms with van der Waals surface area (Å²) in [6, 6.07) is 6.85. The third-order valence-electron chi connectivity index (χ3n) is 2.52. The molecule has 0 aromatic heterocycles. The first-order chi connectivity index (χ1) is 6.30. The molecular weight excluding hydrogens is 168 g/mol. The van der Waals surface area contributed by atoms with E-state index < -0.39 is 0 Å². The smallest absolute Gasteiger partial charge is 0.00118 e. The molecule has 1 radical (unpaired) electrons. The predicted molar refractivity (Wildman–Crippen MR) is 63.6 cm³/mol. The second kappa shape index (κ2) is 3.76. The van der Waals surface area contributed by atoms with E-state index in [1.807, 2.05) is 0 Å². The number of hydrogen-bond donors (Lipinski definition) is 0. The fraction of sp³-hybridized carbons (Fsp3) is 0.500. The van der Waals surface area contributed by atoms with Gasteiger partial charge in [0, 0.05) is 0 Å². The minimum atomic E-state index is 0.246. The van der Waals surface area contributed by atoms with Gasteiger partial charge in [0.25, 0.3) is 0 Å². The molecule has 77 valence electrons. The summed E-state index contributed by atoms with van der Waals surface area (Å²) in [6.07, 6.45) is 0. The van der Waals surface area contributed by atoms with E-state index in [1.165, 1.54) is 22.6 Å². The molecule has 1 aromatic carbocycles. The van der Waals surface area contributed by atoms with Crippen LogP contribution in [0.4, 0.5) is 0 Å². The standard InChI is InChI=1S/C14H21/c1-10(2)12-7-11(3)8-13(9-12)14(4,5)6/h7-9H,1-6H3. The van der Waals surface area contributed by atoms with Crippen molar-refractivity contribution in [3.63, 3.8) is 0 Å². The summed E-state index contributed by atoms with van der Waals surface area (Å²) in [5.74, 6) is 1.39. The van der Waals surface area contributed by atoms with Gasteiger partial charge in [-0.2, -0.15) is 0 Å². The van der Waals surface area contributed by atoms with E-state index in [9.17, 15) is 0 Å². The zero-order valence-corrected chi connectivity index (χ0v) is 10.2. The monoisotopic (exact) mass is 189 g/mol. The molecule has 0 unspecified atom stereocenters. The van der Waals surface area contributed by atoms with Crippen LogP contribution in [0.25, 0.3) is 0 Å². The van der Waals surface area contributed by atoms with Gasteiger partial charge in [-0.05, 0) is 29.4 Å². The lowest BCUT2D eigenvalue weighted by Gasteiger charge is -2.21. The van der Waals surface area contributed by atoms with Crippen LogP contribution in [0.5, 0.6) is 0 Å². The molecule has 0 N–H and O–H groups in total. The Morgan fingerprint density at radius 2 is 1.57 bits per heavy atom. The normalized spacial score (nSPS) is 12.2. The van der Waals surface area contributed by atoms with Crippen LogP contribution < -0.4 is 0 Å². The number of rotatable bonds is 1. The van der Waals surface area contributed by atoms with Crippen LogP contribution in [0, 0.1) is 12.8 Å². The van der Waals surface area contributed by atoms with Crippen molar-refractivity contribution in [2.45, 2.75) is 47.0 Å². The maximum Gasteiger partial charge on any atom is -0.00118 e. The van der Waals surface area contributed by atoms with Crippen molar-refractivity contribution < 1.29 is 0 Å². The maximum absolute atomic E-state index is 2.31. The summed E-state index contributed by atoms with van der Waals surface area (Å²) in [5, 5.41) is 0. The van der Waals surface area contributed by atoms with Crippen LogP contribution >= 0.6 is 0 Å². The molecule has 0 fully saturated rings. The largest absolute Gasteiger partial charge is 0.0561 e. The zero-order chi connectivity index (χ0) is 10.9. The van der Waals surface area contributed by atoms with Gasteiger partial charge in [0.05, 0.1) is 0 Å². The molecule has 1 rings (SSSR count). The van der Waals surface area contributed by atoms with Crippen LogP contribution in [0.1, 0.15) is 51.3 Å². The van der Waals surface area contributed by atoms with Gasteiger partial charge in [-0.25, -0.2) is 0 Å². The summed E-state index contributed by atoms with van der Waals surface area (Å²) in [7, 11) is 0. The minimum Gasteiger partial charge on any atom is -0.0561 e. The Bertz CT molecular complexity index is 313. The maximum atomic E-state index is 2.31. The first-order valence-electron chi connectivity index (χ1n) is 5.23. The van der Waals surface area contributed by atoms with Crippen LogP contribution in [0.2, 0.25) is 0 Å². The summed E-state index contributed by atoms with van der Waals surface area (Å²) in [4.78, 5) is 0. The first kappa shape index (κ1) is 11.3. The van der Waals surface area contributed by atoms with Crippen molar-refractivity contribution in [2.75, 3.05) is 0 Å². The predicted octanol–water partition coefficient (Wildman–Crippen LogP) is 4.25. The summed E-state index contributed by atoms with van der Waals surface area (Å²) < 4.78 is 0. The Morgan fingerprint density at radius 3 is 2.00 bits per heavy atom. The van der Waals surface area contributed by atoms with Crippen LogP contribution in [-0.2, 0) is 5.41 Å². The molecule has 0 saturated heterocycles. The van der Waals surface area contributed by atoms with Gasteiger partial charge in [-0.3, -0.25) is 0 Å². The van der Waals surface area contributed by atoms with Crippen molar-refractivity contribution in [3.8, 4) is 0 Å². The Hall–Kier alpha value is -0.780. The van der Waals surface area contributed by atoms with Gasteiger partial charge < -0.3 is 0 Å². The highest BCUT2D eigenvalue weighted by Crippen LogP contribution is 2.26. The average molecular weight is 189 g/mol. The molecule has 0 saturated carbocycles. The highest BCUT2D eigenvalue weighted by atomic mass is 14.2. The lowest BCUT2D eigenvalue weighted by atomic mass is 9.84. The van der Waals surface area contributed by atoms with Crippen molar-refractivity contribution in [1.82, 2.24) is 0 Å². The second-order valence-electron chi connectivity index (χ2n) is 5.34. The van der Waals surface area contributed by atoms with Gasteiger partial charge in [0.1, 0.15) is 0 Å². The van der Waals surface area contributed by atoms with Gasteiger partial charge in [-0.1, -0.05) is 58.4 Å². The SMILES string of the molecule is C[C](C)c1cc(C)cc(C(C)(C)C)c1. The van der Waals surface area contributed by atoms with Gasteiger partial charge in [0.15, 0.2) is 0 Å². The summed E-state index contributed by atoms with van der Waals surface area (Å²) >= 11 is 0. The molecule has 0 spiro atoms. The fourth-order valence-corrected chi connectivity index (χ4v) is 1.50. The van der Waals surface area contributed by atoms with Crippen molar-refractivity contribution in [1.29, 1.82) is 0 Å². The van der Waals surface area contributed by atoms with E-state index in [2.05, 4.69) is 59.7 Å². The molecule has 0 aliphatic rings. The lowest BCUT2D eigenvalue weighted by Crippen LogP contribution is -2.12. The van der Waals surface area contributed by atoms with Crippen molar-refractivity contribution in [3.05, 3.63) is 40.8 Å². The molecule has 1 aromatic rings. The van der Waals surface area contributed by atoms with E-state index >= 15 is 0 Å². The Morgan fingerprint density at radius 1 is 1.00 bits per heavy atom. The topological polar surface area (TPSA) is 0 Å². The second-order valence-corrected chi connectivity index (χ2v) is 5.34. The molecule has 14 heavy (non-hydrogen) atoms. The Balaban J connectivity index is 3.21. The molecule has 0 atom stereocenters. The highest BCUT2D eigenvalue weighted by Gasteiger charge is 2.15. The van der Waals surface area contributed by atoms with E-state index in [4.69, 9.17) is 0 Å². The average Bonchev–Trinajstić information content (AvgIpc) is 2.01. The molecule has 0 aliphatic carbocycles. The minimum absolute atomic E-state index is 0.246. The third kappa shape index (κ3) is 2.60. The molecular formula is C14H21. The number of benzene rings is 1. The number of hydrogen-bond acceptors (Lipinski definition) is 0. The van der Waals surface area contributed by atoms with Gasteiger partial charge in [0.2, 0.25) is 0 Å². The Kier molecular flexibility index (Phi) is 3.04. The first-order valence-corrected chi connectivity index (χ1v) is 5.23. The molecule has 0 heteroatoms. The molecule has 0 amide bonds. The molecule has 0 heterocycles.